The van der Waals surface area contributed by atoms with Gasteiger partial charge in [0.05, 0.1) is 13.2 Å². The van der Waals surface area contributed by atoms with Gasteiger partial charge >= 0.3 is 11.4 Å². The molecule has 192 valence electrons. The molecule has 5 N–H and O–H groups in total. The van der Waals surface area contributed by atoms with Gasteiger partial charge in [-0.2, -0.15) is 0 Å². The second-order valence-corrected chi connectivity index (χ2v) is 13.3. The topological polar surface area (TPSA) is 189 Å². The highest BCUT2D eigenvalue weighted by molar-refractivity contribution is 8.40. The summed E-state index contributed by atoms with van der Waals surface area (Å²) in [7, 11) is 0. The zero-order valence-electron chi connectivity index (χ0n) is 19.0. The van der Waals surface area contributed by atoms with E-state index in [1.165, 1.54) is 35.4 Å². The van der Waals surface area contributed by atoms with E-state index in [1.54, 1.807) is 0 Å². The number of aryl methyl sites for hydroxylation is 2. The van der Waals surface area contributed by atoms with E-state index in [1.807, 2.05) is 0 Å². The van der Waals surface area contributed by atoms with Gasteiger partial charge in [0.25, 0.3) is 11.1 Å². The molecule has 0 amide bonds. The van der Waals surface area contributed by atoms with Gasteiger partial charge in [-0.1, -0.05) is 0 Å². The average molecular weight is 530 g/mol. The molecule has 2 aliphatic heterocycles. The molecule has 0 saturated carbocycles. The van der Waals surface area contributed by atoms with E-state index in [2.05, 4.69) is 9.97 Å². The number of nitrogens with zero attached hydrogens (tertiary/aromatic N) is 2. The first kappa shape index (κ1) is 26.0. The summed E-state index contributed by atoms with van der Waals surface area (Å²) in [6, 6.07) is 0. The van der Waals surface area contributed by atoms with E-state index in [9.17, 15) is 34.3 Å². The van der Waals surface area contributed by atoms with E-state index in [0.717, 1.165) is 0 Å². The van der Waals surface area contributed by atoms with Gasteiger partial charge in [0.1, 0.15) is 36.0 Å². The molecule has 2 aliphatic rings. The summed E-state index contributed by atoms with van der Waals surface area (Å²) in [5, 5.41) is 19.9. The van der Waals surface area contributed by atoms with Gasteiger partial charge in [-0.05, 0) is 13.8 Å². The molecular formula is C20H27N4O9PS. The number of H-pyrrole nitrogens is 2. The molecule has 0 aliphatic carbocycles. The van der Waals surface area contributed by atoms with Crippen molar-refractivity contribution >= 4 is 18.9 Å². The van der Waals surface area contributed by atoms with E-state index >= 15 is 0 Å². The lowest BCUT2D eigenvalue weighted by Gasteiger charge is -2.39. The predicted molar refractivity (Wildman–Crippen MR) is 127 cm³/mol. The predicted octanol–water partition coefficient (Wildman–Crippen LogP) is -1.61. The lowest BCUT2D eigenvalue weighted by Crippen LogP contribution is -2.36. The van der Waals surface area contributed by atoms with E-state index < -0.39 is 78.4 Å². The van der Waals surface area contributed by atoms with Crippen molar-refractivity contribution in [1.82, 2.24) is 19.1 Å². The first-order chi connectivity index (χ1) is 16.5. The standard InChI is InChI=1S/C20H27N4O9PS/c1-9-5-23(19(29)21-17(9)27)15-3-13(11(7-25)32-15)34(31,35)14-4-16(33-12(14)8-26)24-6-10(2)18(28)22-20(24)30/h5-6,11-16,25-26H,3-4,7-8H2,1-2H3,(H,31,35)(H,21,27,29)(H,22,28,30)/t11-,12-,13+,14+,15-,16-/m1/s1. The molecule has 2 saturated heterocycles. The minimum Gasteiger partial charge on any atom is -0.524 e. The van der Waals surface area contributed by atoms with Crippen LogP contribution in [-0.2, 0) is 21.7 Å². The Balaban J connectivity index is 1.63. The van der Waals surface area contributed by atoms with E-state index in [4.69, 9.17) is 21.7 Å². The number of rotatable bonds is 6. The third-order valence-corrected chi connectivity index (χ3v) is 11.2. The fourth-order valence-electron chi connectivity index (χ4n) is 4.73. The average Bonchev–Trinajstić information content (AvgIpc) is 3.44. The van der Waals surface area contributed by atoms with Crippen molar-refractivity contribution < 1.29 is 24.6 Å². The number of hydrogen-bond donors (Lipinski definition) is 5. The maximum Gasteiger partial charge on any atom is 0.330 e. The Bertz CT molecular complexity index is 1240. The summed E-state index contributed by atoms with van der Waals surface area (Å²) in [6.45, 7) is -1.32. The van der Waals surface area contributed by atoms with Crippen molar-refractivity contribution in [3.8, 4) is 0 Å². The molecule has 0 unspecified atom stereocenters. The molecule has 0 aromatic carbocycles. The molecule has 2 aromatic rings. The number of aromatic amines is 2. The van der Waals surface area contributed by atoms with Crippen LogP contribution < -0.4 is 22.5 Å². The Hall–Kier alpha value is -2.06. The summed E-state index contributed by atoms with van der Waals surface area (Å²) in [5.41, 5.74) is -3.37. The number of aromatic nitrogens is 4. The van der Waals surface area contributed by atoms with Crippen molar-refractivity contribution in [2.24, 2.45) is 0 Å². The molecule has 0 spiro atoms. The molecule has 0 radical (unpaired) electrons. The Labute approximate surface area is 203 Å². The van der Waals surface area contributed by atoms with Crippen LogP contribution in [0.1, 0.15) is 36.4 Å². The summed E-state index contributed by atoms with van der Waals surface area (Å²) in [4.78, 5) is 64.2. The van der Waals surface area contributed by atoms with Crippen molar-refractivity contribution in [1.29, 1.82) is 0 Å². The molecule has 2 fully saturated rings. The fourth-order valence-corrected chi connectivity index (χ4v) is 8.79. The molecule has 6 atom stereocenters. The van der Waals surface area contributed by atoms with Crippen LogP contribution in [0, 0.1) is 13.8 Å². The Morgan fingerprint density at radius 2 is 1.26 bits per heavy atom. The molecule has 0 bridgehead atoms. The zero-order chi connectivity index (χ0) is 25.7. The largest absolute Gasteiger partial charge is 0.524 e. The van der Waals surface area contributed by atoms with E-state index in [0.29, 0.717) is 0 Å². The second kappa shape index (κ2) is 9.77. The summed E-state index contributed by atoms with van der Waals surface area (Å²) in [6.07, 6.45) is -0.699. The lowest BCUT2D eigenvalue weighted by molar-refractivity contribution is -0.0260. The van der Waals surface area contributed by atoms with Crippen molar-refractivity contribution in [2.45, 2.75) is 62.7 Å². The van der Waals surface area contributed by atoms with E-state index in [-0.39, 0.29) is 24.0 Å². The van der Waals surface area contributed by atoms with Gasteiger partial charge in [0.2, 0.25) is 0 Å². The minimum atomic E-state index is -3.43. The van der Waals surface area contributed by atoms with Gasteiger partial charge in [-0.25, -0.2) is 9.59 Å². The SMILES string of the molecule is Cc1cn([C@H]2C[C@H]([P+](O)([S-])[C@H]3C[C@H](n4cc(C)c(=O)[nH]c4=O)O[C@@H]3CO)[C@@H](CO)O2)c(=O)[nH]c1=O. The summed E-state index contributed by atoms with van der Waals surface area (Å²) in [5.74, 6) is 0. The van der Waals surface area contributed by atoms with Crippen LogP contribution in [-0.4, -0.2) is 70.9 Å². The monoisotopic (exact) mass is 530 g/mol. The molecular weight excluding hydrogens is 503 g/mol. The Morgan fingerprint density at radius 1 is 0.886 bits per heavy atom. The van der Waals surface area contributed by atoms with Gasteiger partial charge in [0, 0.05) is 43.1 Å². The van der Waals surface area contributed by atoms with Gasteiger partial charge in [-0.3, -0.25) is 33.6 Å². The van der Waals surface area contributed by atoms with Gasteiger partial charge < -0.3 is 31.9 Å². The summed E-state index contributed by atoms with van der Waals surface area (Å²) >= 11 is 5.71. The molecule has 4 heterocycles. The number of hydrogen-bond acceptors (Lipinski definition) is 10. The fraction of sp³-hybridized carbons (Fsp3) is 0.600. The molecule has 13 nitrogen and oxygen atoms in total. The highest BCUT2D eigenvalue weighted by Crippen LogP contribution is 2.69. The second-order valence-electron chi connectivity index (χ2n) is 8.86. The minimum absolute atomic E-state index is 0.0847. The van der Waals surface area contributed by atoms with Gasteiger partial charge in [0.15, 0.2) is 0 Å². The van der Waals surface area contributed by atoms with Crippen LogP contribution in [0.25, 0.3) is 0 Å². The van der Waals surface area contributed by atoms with Crippen LogP contribution >= 0.6 is 6.69 Å². The first-order valence-electron chi connectivity index (χ1n) is 11.0. The number of ether oxygens (including phenoxy) is 2. The summed E-state index contributed by atoms with van der Waals surface area (Å²) < 4.78 is 14.1. The van der Waals surface area contributed by atoms with Crippen LogP contribution in [0.15, 0.2) is 31.6 Å². The van der Waals surface area contributed by atoms with Crippen molar-refractivity contribution in [2.75, 3.05) is 13.2 Å². The smallest absolute Gasteiger partial charge is 0.330 e. The van der Waals surface area contributed by atoms with Crippen LogP contribution in [0.3, 0.4) is 0 Å². The maximum absolute atomic E-state index is 12.3. The number of nitrogens with one attached hydrogen (secondary N) is 2. The number of aliphatic hydroxyl groups excluding tert-OH is 2. The Morgan fingerprint density at radius 3 is 1.60 bits per heavy atom. The third-order valence-electron chi connectivity index (χ3n) is 6.63. The lowest BCUT2D eigenvalue weighted by atomic mass is 10.2. The molecule has 2 aromatic heterocycles. The zero-order valence-corrected chi connectivity index (χ0v) is 20.7. The highest BCUT2D eigenvalue weighted by Gasteiger charge is 2.56. The third kappa shape index (κ3) is 4.71. The molecule has 35 heavy (non-hydrogen) atoms. The van der Waals surface area contributed by atoms with Crippen molar-refractivity contribution in [3.05, 3.63) is 65.2 Å². The van der Waals surface area contributed by atoms with Crippen LogP contribution in [0.5, 0.6) is 0 Å². The highest BCUT2D eigenvalue weighted by atomic mass is 32.7. The van der Waals surface area contributed by atoms with Gasteiger partial charge in [-0.15, -0.1) is 0 Å². The molecule has 4 rings (SSSR count). The van der Waals surface area contributed by atoms with Crippen molar-refractivity contribution in [3.63, 3.8) is 0 Å². The van der Waals surface area contributed by atoms with Crippen LogP contribution in [0.2, 0.25) is 0 Å². The number of aliphatic hydroxyl groups is 2. The maximum atomic E-state index is 12.3. The normalized spacial score (nSPS) is 29.1. The first-order valence-corrected chi connectivity index (χ1v) is 13.9. The van der Waals surface area contributed by atoms with Crippen LogP contribution in [0.4, 0.5) is 0 Å². The Kier molecular flexibility index (Phi) is 7.26. The quantitative estimate of drug-likeness (QED) is 0.215. The molecule has 15 heteroatoms.